The smallest absolute Gasteiger partial charge is 0.337 e. The second-order valence-electron chi connectivity index (χ2n) is 7.37. The number of carbonyl (C=O) groups excluding carboxylic acids is 2. The van der Waals surface area contributed by atoms with Crippen LogP contribution < -0.4 is 14.8 Å². The van der Waals surface area contributed by atoms with E-state index in [1.54, 1.807) is 0 Å². The number of nitrogens with one attached hydrogen (secondary N) is 1. The highest BCUT2D eigenvalue weighted by Crippen LogP contribution is 2.38. The van der Waals surface area contributed by atoms with Crippen molar-refractivity contribution in [2.45, 2.75) is 0 Å². The summed E-state index contributed by atoms with van der Waals surface area (Å²) >= 11 is 0. The Morgan fingerprint density at radius 1 is 0.921 bits per heavy atom. The zero-order chi connectivity index (χ0) is 27.8. The van der Waals surface area contributed by atoms with E-state index in [2.05, 4.69) is 10.1 Å². The van der Waals surface area contributed by atoms with Gasteiger partial charge in [-0.2, -0.15) is 5.26 Å². The molecule has 13 nitrogen and oxygen atoms in total. The molecule has 38 heavy (non-hydrogen) atoms. The molecule has 3 aromatic rings. The van der Waals surface area contributed by atoms with Gasteiger partial charge in [0.1, 0.15) is 11.6 Å². The minimum Gasteiger partial charge on any atom is -0.493 e. The van der Waals surface area contributed by atoms with Crippen LogP contribution in [0.4, 0.5) is 17.1 Å². The van der Waals surface area contributed by atoms with Crippen LogP contribution in [-0.4, -0.2) is 35.9 Å². The quantitative estimate of drug-likeness (QED) is 0.138. The molecule has 1 amide bonds. The van der Waals surface area contributed by atoms with E-state index in [9.17, 15) is 35.1 Å². The number of amides is 1. The Morgan fingerprint density at radius 3 is 2.18 bits per heavy atom. The Morgan fingerprint density at radius 2 is 1.61 bits per heavy atom. The monoisotopic (exact) mass is 518 g/mol. The normalized spacial score (nSPS) is 10.6. The van der Waals surface area contributed by atoms with Gasteiger partial charge in [0.05, 0.1) is 35.7 Å². The second-order valence-corrected chi connectivity index (χ2v) is 7.37. The molecule has 0 radical (unpaired) electrons. The van der Waals surface area contributed by atoms with Crippen LogP contribution in [0.25, 0.3) is 6.08 Å². The first kappa shape index (κ1) is 26.8. The first-order valence-electron chi connectivity index (χ1n) is 10.6. The van der Waals surface area contributed by atoms with Crippen LogP contribution in [0.3, 0.4) is 0 Å². The summed E-state index contributed by atoms with van der Waals surface area (Å²) in [5.41, 5.74) is -0.333. The van der Waals surface area contributed by atoms with Crippen molar-refractivity contribution >= 4 is 35.0 Å². The van der Waals surface area contributed by atoms with Crippen molar-refractivity contribution in [2.75, 3.05) is 19.5 Å². The lowest BCUT2D eigenvalue weighted by atomic mass is 10.1. The second kappa shape index (κ2) is 11.8. The summed E-state index contributed by atoms with van der Waals surface area (Å²) in [6.45, 7) is 0. The molecule has 0 aliphatic heterocycles. The van der Waals surface area contributed by atoms with Gasteiger partial charge in [0.25, 0.3) is 11.6 Å². The summed E-state index contributed by atoms with van der Waals surface area (Å²) in [5.74, 6) is -1.33. The minimum atomic E-state index is -0.813. The number of carbonyl (C=O) groups is 2. The molecule has 0 aromatic heterocycles. The van der Waals surface area contributed by atoms with Crippen LogP contribution in [0.1, 0.15) is 15.9 Å². The van der Waals surface area contributed by atoms with Gasteiger partial charge in [0.15, 0.2) is 11.5 Å². The van der Waals surface area contributed by atoms with Gasteiger partial charge in [-0.25, -0.2) is 4.79 Å². The summed E-state index contributed by atoms with van der Waals surface area (Å²) in [6.07, 6.45) is 1.29. The van der Waals surface area contributed by atoms with Crippen molar-refractivity contribution in [3.8, 4) is 23.3 Å². The Kier molecular flexibility index (Phi) is 8.31. The number of esters is 1. The first-order valence-corrected chi connectivity index (χ1v) is 10.6. The first-order chi connectivity index (χ1) is 18.2. The zero-order valence-electron chi connectivity index (χ0n) is 19.9. The fourth-order valence-electron chi connectivity index (χ4n) is 3.15. The van der Waals surface area contributed by atoms with Gasteiger partial charge in [-0.3, -0.25) is 25.0 Å². The van der Waals surface area contributed by atoms with Crippen LogP contribution in [0.2, 0.25) is 0 Å². The fourth-order valence-corrected chi connectivity index (χ4v) is 3.15. The van der Waals surface area contributed by atoms with E-state index in [1.807, 2.05) is 6.07 Å². The molecule has 0 aliphatic rings. The lowest BCUT2D eigenvalue weighted by Gasteiger charge is -2.11. The molecule has 0 aliphatic carbocycles. The van der Waals surface area contributed by atoms with Crippen molar-refractivity contribution in [3.63, 3.8) is 0 Å². The van der Waals surface area contributed by atoms with E-state index in [-0.39, 0.29) is 28.4 Å². The highest BCUT2D eigenvalue weighted by atomic mass is 16.6. The maximum Gasteiger partial charge on any atom is 0.337 e. The molecule has 13 heteroatoms. The highest BCUT2D eigenvalue weighted by molar-refractivity contribution is 6.09. The molecule has 0 atom stereocenters. The molecule has 1 N–H and O–H groups in total. The number of nitro groups is 2. The molecule has 192 valence electrons. The standard InChI is InChI=1S/C25H18N4O9/c1-36-23-12-15(3-9-22(23)38-21-10-8-19(28(32)33)13-20(21)29(34)35)11-17(14-26)24(30)27-18-6-4-16(5-7-18)25(31)37-2/h3-13H,1-2H3,(H,27,30)/b17-11+. The van der Waals surface area contributed by atoms with Crippen molar-refractivity contribution < 1.29 is 33.6 Å². The number of rotatable bonds is 9. The van der Waals surface area contributed by atoms with Gasteiger partial charge in [-0.05, 0) is 54.1 Å². The van der Waals surface area contributed by atoms with Crippen LogP contribution in [0.15, 0.2) is 66.2 Å². The third kappa shape index (κ3) is 6.26. The number of hydrogen-bond donors (Lipinski definition) is 1. The van der Waals surface area contributed by atoms with E-state index < -0.39 is 33.1 Å². The lowest BCUT2D eigenvalue weighted by molar-refractivity contribution is -0.394. The number of benzene rings is 3. The molecule has 0 unspecified atom stereocenters. The maximum atomic E-state index is 12.6. The Bertz CT molecular complexity index is 1490. The Hall–Kier alpha value is -5.77. The van der Waals surface area contributed by atoms with Gasteiger partial charge in [0.2, 0.25) is 5.75 Å². The van der Waals surface area contributed by atoms with Crippen LogP contribution in [0, 0.1) is 31.6 Å². The number of nitrogens with zero attached hydrogens (tertiary/aromatic N) is 3. The highest BCUT2D eigenvalue weighted by Gasteiger charge is 2.22. The van der Waals surface area contributed by atoms with E-state index in [1.165, 1.54) is 62.8 Å². The van der Waals surface area contributed by atoms with Gasteiger partial charge >= 0.3 is 11.7 Å². The number of hydrogen-bond acceptors (Lipinski definition) is 10. The minimum absolute atomic E-state index is 0.0512. The Balaban J connectivity index is 1.84. The largest absolute Gasteiger partial charge is 0.493 e. The van der Waals surface area contributed by atoms with E-state index in [0.29, 0.717) is 11.3 Å². The van der Waals surface area contributed by atoms with Gasteiger partial charge in [-0.15, -0.1) is 0 Å². The van der Waals surface area contributed by atoms with Gasteiger partial charge < -0.3 is 19.5 Å². The number of methoxy groups -OCH3 is 2. The third-order valence-corrected chi connectivity index (χ3v) is 5.00. The number of anilines is 1. The van der Waals surface area contributed by atoms with Gasteiger partial charge in [-0.1, -0.05) is 6.07 Å². The average Bonchev–Trinajstić information content (AvgIpc) is 2.92. The Labute approximate surface area is 214 Å². The molecular weight excluding hydrogens is 500 g/mol. The van der Waals surface area contributed by atoms with E-state index >= 15 is 0 Å². The number of ether oxygens (including phenoxy) is 3. The average molecular weight is 518 g/mol. The molecular formula is C25H18N4O9. The topological polar surface area (TPSA) is 184 Å². The summed E-state index contributed by atoms with van der Waals surface area (Å²) < 4.78 is 15.5. The predicted octanol–water partition coefficient (Wildman–Crippen LogP) is 4.64. The van der Waals surface area contributed by atoms with Crippen LogP contribution in [-0.2, 0) is 9.53 Å². The summed E-state index contributed by atoms with van der Waals surface area (Å²) in [4.78, 5) is 44.9. The molecule has 0 heterocycles. The van der Waals surface area contributed by atoms with Crippen LogP contribution in [0.5, 0.6) is 17.2 Å². The molecule has 0 saturated carbocycles. The number of non-ortho nitro benzene ring substituents is 1. The van der Waals surface area contributed by atoms with E-state index in [0.717, 1.165) is 18.2 Å². The molecule has 0 fully saturated rings. The van der Waals surface area contributed by atoms with Gasteiger partial charge in [0, 0.05) is 11.8 Å². The molecule has 0 saturated heterocycles. The summed E-state index contributed by atoms with van der Waals surface area (Å²) in [5, 5.41) is 34.4. The molecule has 0 bridgehead atoms. The SMILES string of the molecule is COC(=O)c1ccc(NC(=O)/C(C#N)=C/c2ccc(Oc3ccc([N+](=O)[O-])cc3[N+](=O)[O-])c(OC)c2)cc1. The van der Waals surface area contributed by atoms with Crippen molar-refractivity contribution in [2.24, 2.45) is 0 Å². The number of nitriles is 1. The van der Waals surface area contributed by atoms with Crippen molar-refractivity contribution in [1.29, 1.82) is 5.26 Å². The van der Waals surface area contributed by atoms with Crippen LogP contribution >= 0.6 is 0 Å². The molecule has 0 spiro atoms. The van der Waals surface area contributed by atoms with Crippen molar-refractivity contribution in [1.82, 2.24) is 0 Å². The number of nitro benzene ring substituents is 2. The molecule has 3 aromatic carbocycles. The summed E-state index contributed by atoms with van der Waals surface area (Å²) in [7, 11) is 2.56. The fraction of sp³-hybridized carbons (Fsp3) is 0.0800. The summed E-state index contributed by atoms with van der Waals surface area (Å²) in [6, 6.07) is 14.9. The van der Waals surface area contributed by atoms with Crippen molar-refractivity contribution in [3.05, 3.63) is 97.6 Å². The predicted molar refractivity (Wildman–Crippen MR) is 133 cm³/mol. The zero-order valence-corrected chi connectivity index (χ0v) is 19.9. The van der Waals surface area contributed by atoms with E-state index in [4.69, 9.17) is 9.47 Å². The maximum absolute atomic E-state index is 12.6. The molecule has 3 rings (SSSR count). The third-order valence-electron chi connectivity index (χ3n) is 5.00. The lowest BCUT2D eigenvalue weighted by Crippen LogP contribution is -2.13.